The van der Waals surface area contributed by atoms with E-state index in [1.165, 1.54) is 0 Å². The molecule has 0 bridgehead atoms. The zero-order chi connectivity index (χ0) is 13.8. The Balaban J connectivity index is 2.10. The van der Waals surface area contributed by atoms with Gasteiger partial charge in [-0.1, -0.05) is 24.4 Å². The Morgan fingerprint density at radius 1 is 1.42 bits per heavy atom. The number of hydrogen-bond acceptors (Lipinski definition) is 3. The van der Waals surface area contributed by atoms with Crippen LogP contribution in [0.3, 0.4) is 0 Å². The number of imidazole rings is 1. The van der Waals surface area contributed by atoms with Crippen LogP contribution in [-0.4, -0.2) is 28.1 Å². The first-order valence-corrected chi connectivity index (χ1v) is 6.58. The third kappa shape index (κ3) is 3.12. The molecule has 0 saturated carbocycles. The van der Waals surface area contributed by atoms with Gasteiger partial charge in [0.15, 0.2) is 0 Å². The first-order chi connectivity index (χ1) is 9.09. The van der Waals surface area contributed by atoms with E-state index in [0.717, 1.165) is 30.2 Å². The Bertz CT molecular complexity index is 576. The van der Waals surface area contributed by atoms with Crippen LogP contribution >= 0.6 is 12.2 Å². The molecule has 1 aromatic heterocycles. The van der Waals surface area contributed by atoms with Crippen LogP contribution < -0.4 is 10.6 Å². The lowest BCUT2D eigenvalue weighted by Gasteiger charge is -2.22. The molecule has 1 aromatic carbocycles. The molecule has 19 heavy (non-hydrogen) atoms. The van der Waals surface area contributed by atoms with Gasteiger partial charge in [0.1, 0.15) is 10.8 Å². The largest absolute Gasteiger partial charge is 0.389 e. The summed E-state index contributed by atoms with van der Waals surface area (Å²) in [7, 11) is 2.05. The maximum atomic E-state index is 5.76. The molecule has 0 aliphatic carbocycles. The number of anilines is 1. The SMILES string of the molecule is Cc1nccn1CCN(C)c1ccccc1C(N)=S. The van der Waals surface area contributed by atoms with Crippen molar-refractivity contribution >= 4 is 22.9 Å². The lowest BCUT2D eigenvalue weighted by Crippen LogP contribution is -2.25. The molecule has 0 radical (unpaired) electrons. The molecule has 2 N–H and O–H groups in total. The highest BCUT2D eigenvalue weighted by atomic mass is 32.1. The standard InChI is InChI=1S/C14H18N4S/c1-11-16-7-8-18(11)10-9-17(2)13-6-4-3-5-12(13)14(15)19/h3-8H,9-10H2,1-2H3,(H2,15,19). The fourth-order valence-corrected chi connectivity index (χ4v) is 2.21. The van der Waals surface area contributed by atoms with E-state index >= 15 is 0 Å². The Labute approximate surface area is 118 Å². The molecule has 0 unspecified atom stereocenters. The van der Waals surface area contributed by atoms with Crippen molar-refractivity contribution in [2.45, 2.75) is 13.5 Å². The van der Waals surface area contributed by atoms with Gasteiger partial charge < -0.3 is 15.2 Å². The summed E-state index contributed by atoms with van der Waals surface area (Å²) in [5.41, 5.74) is 7.74. The number of likely N-dealkylation sites (N-methyl/N-ethyl adjacent to an activating group) is 1. The van der Waals surface area contributed by atoms with E-state index in [4.69, 9.17) is 18.0 Å². The average Bonchev–Trinajstić information content (AvgIpc) is 2.81. The molecule has 0 aliphatic heterocycles. The van der Waals surface area contributed by atoms with Gasteiger partial charge in [-0.2, -0.15) is 0 Å². The Morgan fingerprint density at radius 2 is 2.16 bits per heavy atom. The molecule has 2 aromatic rings. The predicted octanol–water partition coefficient (Wildman–Crippen LogP) is 1.96. The third-order valence-corrected chi connectivity index (χ3v) is 3.40. The summed E-state index contributed by atoms with van der Waals surface area (Å²) in [5.74, 6) is 1.02. The van der Waals surface area contributed by atoms with Gasteiger partial charge in [-0.3, -0.25) is 0 Å². The molecule has 0 amide bonds. The number of aromatic nitrogens is 2. The fourth-order valence-electron chi connectivity index (χ4n) is 2.03. The number of benzene rings is 1. The van der Waals surface area contributed by atoms with E-state index in [1.807, 2.05) is 50.6 Å². The minimum Gasteiger partial charge on any atom is -0.389 e. The first-order valence-electron chi connectivity index (χ1n) is 6.17. The highest BCUT2D eigenvalue weighted by Crippen LogP contribution is 2.18. The van der Waals surface area contributed by atoms with Crippen molar-refractivity contribution < 1.29 is 0 Å². The highest BCUT2D eigenvalue weighted by molar-refractivity contribution is 7.80. The van der Waals surface area contributed by atoms with Crippen LogP contribution in [-0.2, 0) is 6.54 Å². The second-order valence-corrected chi connectivity index (χ2v) is 4.91. The van der Waals surface area contributed by atoms with E-state index in [2.05, 4.69) is 14.5 Å². The first kappa shape index (κ1) is 13.5. The van der Waals surface area contributed by atoms with Crippen LogP contribution in [0.2, 0.25) is 0 Å². The van der Waals surface area contributed by atoms with E-state index in [1.54, 1.807) is 0 Å². The summed E-state index contributed by atoms with van der Waals surface area (Å²) in [5, 5.41) is 0. The summed E-state index contributed by atoms with van der Waals surface area (Å²) < 4.78 is 2.12. The lowest BCUT2D eigenvalue weighted by molar-refractivity contribution is 0.664. The van der Waals surface area contributed by atoms with E-state index in [0.29, 0.717) is 4.99 Å². The fraction of sp³-hybridized carbons (Fsp3) is 0.286. The van der Waals surface area contributed by atoms with Crippen molar-refractivity contribution in [2.75, 3.05) is 18.5 Å². The van der Waals surface area contributed by atoms with Gasteiger partial charge in [-0.25, -0.2) is 4.98 Å². The maximum absolute atomic E-state index is 5.76. The number of nitrogens with zero attached hydrogens (tertiary/aromatic N) is 3. The Kier molecular flexibility index (Phi) is 4.16. The summed E-state index contributed by atoms with van der Waals surface area (Å²) in [6, 6.07) is 7.94. The van der Waals surface area contributed by atoms with Crippen LogP contribution in [0.5, 0.6) is 0 Å². The van der Waals surface area contributed by atoms with Gasteiger partial charge in [0.25, 0.3) is 0 Å². The number of thiocarbonyl (C=S) groups is 1. The summed E-state index contributed by atoms with van der Waals surface area (Å²) in [4.78, 5) is 6.81. The van der Waals surface area contributed by atoms with Crippen LogP contribution in [0.1, 0.15) is 11.4 Å². The van der Waals surface area contributed by atoms with Gasteiger partial charge >= 0.3 is 0 Å². The monoisotopic (exact) mass is 274 g/mol. The van der Waals surface area contributed by atoms with Crippen molar-refractivity contribution in [3.8, 4) is 0 Å². The van der Waals surface area contributed by atoms with E-state index in [-0.39, 0.29) is 0 Å². The molecule has 1 heterocycles. The normalized spacial score (nSPS) is 10.4. The second-order valence-electron chi connectivity index (χ2n) is 4.47. The van der Waals surface area contributed by atoms with Crippen molar-refractivity contribution in [3.05, 3.63) is 48.0 Å². The van der Waals surface area contributed by atoms with E-state index < -0.39 is 0 Å². The highest BCUT2D eigenvalue weighted by Gasteiger charge is 2.09. The molecule has 0 aliphatic rings. The Morgan fingerprint density at radius 3 is 2.79 bits per heavy atom. The smallest absolute Gasteiger partial charge is 0.106 e. The molecule has 5 heteroatoms. The Hall–Kier alpha value is -1.88. The van der Waals surface area contributed by atoms with Gasteiger partial charge in [0, 0.05) is 43.8 Å². The van der Waals surface area contributed by atoms with Crippen molar-refractivity contribution in [3.63, 3.8) is 0 Å². The average molecular weight is 274 g/mol. The zero-order valence-electron chi connectivity index (χ0n) is 11.2. The molecular weight excluding hydrogens is 256 g/mol. The molecular formula is C14H18N4S. The maximum Gasteiger partial charge on any atom is 0.106 e. The number of rotatable bonds is 5. The van der Waals surface area contributed by atoms with Gasteiger partial charge in [-0.05, 0) is 19.1 Å². The van der Waals surface area contributed by atoms with E-state index in [9.17, 15) is 0 Å². The molecule has 2 rings (SSSR count). The summed E-state index contributed by atoms with van der Waals surface area (Å²) in [6.45, 7) is 3.76. The molecule has 4 nitrogen and oxygen atoms in total. The minimum absolute atomic E-state index is 0.432. The van der Waals surface area contributed by atoms with Crippen molar-refractivity contribution in [2.24, 2.45) is 5.73 Å². The third-order valence-electron chi connectivity index (χ3n) is 3.18. The van der Waals surface area contributed by atoms with Gasteiger partial charge in [0.05, 0.1) is 0 Å². The van der Waals surface area contributed by atoms with Crippen LogP contribution in [0.4, 0.5) is 5.69 Å². The molecule has 0 atom stereocenters. The number of aryl methyl sites for hydroxylation is 1. The number of hydrogen-bond donors (Lipinski definition) is 1. The predicted molar refractivity (Wildman–Crippen MR) is 82.6 cm³/mol. The summed E-state index contributed by atoms with van der Waals surface area (Å²) >= 11 is 5.09. The minimum atomic E-state index is 0.432. The molecule has 0 spiro atoms. The van der Waals surface area contributed by atoms with Crippen LogP contribution in [0.25, 0.3) is 0 Å². The zero-order valence-corrected chi connectivity index (χ0v) is 12.0. The van der Waals surface area contributed by atoms with Gasteiger partial charge in [-0.15, -0.1) is 0 Å². The topological polar surface area (TPSA) is 47.1 Å². The lowest BCUT2D eigenvalue weighted by atomic mass is 10.1. The van der Waals surface area contributed by atoms with Crippen LogP contribution in [0, 0.1) is 6.92 Å². The van der Waals surface area contributed by atoms with Gasteiger partial charge in [0.2, 0.25) is 0 Å². The number of nitrogens with two attached hydrogens (primary N) is 1. The number of para-hydroxylation sites is 1. The van der Waals surface area contributed by atoms with Crippen molar-refractivity contribution in [1.82, 2.24) is 9.55 Å². The summed E-state index contributed by atoms with van der Waals surface area (Å²) in [6.07, 6.45) is 3.81. The second kappa shape index (κ2) is 5.84. The van der Waals surface area contributed by atoms with Crippen LogP contribution in [0.15, 0.2) is 36.7 Å². The molecule has 0 fully saturated rings. The van der Waals surface area contributed by atoms with Crippen molar-refractivity contribution in [1.29, 1.82) is 0 Å². The quantitative estimate of drug-likeness (QED) is 0.847. The molecule has 100 valence electrons. The molecule has 0 saturated heterocycles.